The van der Waals surface area contributed by atoms with Gasteiger partial charge in [-0.15, -0.1) is 0 Å². The number of piperidine rings is 1. The first-order valence-corrected chi connectivity index (χ1v) is 15.5. The van der Waals surface area contributed by atoms with Crippen molar-refractivity contribution in [3.05, 3.63) is 52.7 Å². The van der Waals surface area contributed by atoms with Crippen molar-refractivity contribution in [1.29, 1.82) is 0 Å². The zero-order valence-electron chi connectivity index (χ0n) is 26.6. The van der Waals surface area contributed by atoms with Crippen LogP contribution < -0.4 is 16.0 Å². The van der Waals surface area contributed by atoms with Crippen molar-refractivity contribution < 1.29 is 42.3 Å². The number of likely N-dealkylation sites (N-methyl/N-ethyl adjacent to an activating group) is 1. The molecule has 19 heteroatoms. The number of hydrogen-bond acceptors (Lipinski definition) is 8. The normalized spacial score (nSPS) is 15.2. The molecule has 0 radical (unpaired) electrons. The number of carbonyl (C=O) groups is 5. The van der Waals surface area contributed by atoms with Gasteiger partial charge in [0.1, 0.15) is 6.54 Å². The summed E-state index contributed by atoms with van der Waals surface area (Å²) in [7, 11) is 2.73. The predicted molar refractivity (Wildman–Crippen MR) is 170 cm³/mol. The van der Waals surface area contributed by atoms with Gasteiger partial charge in [-0.05, 0) is 44.1 Å². The third-order valence-corrected chi connectivity index (χ3v) is 8.42. The topological polar surface area (TPSA) is 184 Å². The van der Waals surface area contributed by atoms with E-state index in [0.717, 1.165) is 43.0 Å². The van der Waals surface area contributed by atoms with E-state index in [-0.39, 0.29) is 57.6 Å². The highest BCUT2D eigenvalue weighted by Crippen LogP contribution is 2.36. The van der Waals surface area contributed by atoms with Gasteiger partial charge in [0.05, 0.1) is 28.0 Å². The summed E-state index contributed by atoms with van der Waals surface area (Å²) in [5.41, 5.74) is -1.16. The molecule has 2 fully saturated rings. The number of benzene rings is 1. The molecule has 3 aromatic rings. The first-order valence-electron chi connectivity index (χ1n) is 15.1. The van der Waals surface area contributed by atoms with Crippen LogP contribution in [0.4, 0.5) is 18.9 Å². The number of aromatic nitrogens is 4. The Hall–Kier alpha value is -4.97. The Bertz CT molecular complexity index is 1700. The monoisotopic (exact) mass is 709 g/mol. The van der Waals surface area contributed by atoms with Crippen LogP contribution in [-0.2, 0) is 34.2 Å². The lowest BCUT2D eigenvalue weighted by Crippen LogP contribution is -2.52. The molecule has 264 valence electrons. The number of anilines is 1. The van der Waals surface area contributed by atoms with Gasteiger partial charge < -0.3 is 35.4 Å². The maximum atomic E-state index is 13.8. The van der Waals surface area contributed by atoms with Crippen LogP contribution in [-0.4, -0.2) is 111 Å². The Morgan fingerprint density at radius 3 is 2.33 bits per heavy atom. The quantitative estimate of drug-likeness (QED) is 0.266. The third-order valence-electron chi connectivity index (χ3n) is 8.11. The molecule has 0 bridgehead atoms. The molecule has 4 heterocycles. The Balaban J connectivity index is 0.00000174. The van der Waals surface area contributed by atoms with Gasteiger partial charge in [0.25, 0.3) is 18.3 Å². The van der Waals surface area contributed by atoms with Crippen LogP contribution in [0.15, 0.2) is 30.6 Å². The Morgan fingerprint density at radius 2 is 1.73 bits per heavy atom. The summed E-state index contributed by atoms with van der Waals surface area (Å²) in [6, 6.07) is 4.37. The summed E-state index contributed by atoms with van der Waals surface area (Å²) in [6.45, 7) is 2.57. The van der Waals surface area contributed by atoms with Crippen molar-refractivity contribution in [3.63, 3.8) is 0 Å². The van der Waals surface area contributed by atoms with Gasteiger partial charge in [-0.3, -0.25) is 28.7 Å². The number of alkyl halides is 3. The van der Waals surface area contributed by atoms with E-state index in [2.05, 4.69) is 26.0 Å². The lowest BCUT2D eigenvalue weighted by molar-refractivity contribution is -0.141. The molecule has 0 aliphatic carbocycles. The molecule has 4 amide bonds. The number of halogens is 4. The summed E-state index contributed by atoms with van der Waals surface area (Å²) in [4.78, 5) is 66.7. The fourth-order valence-corrected chi connectivity index (χ4v) is 5.84. The average Bonchev–Trinajstić information content (AvgIpc) is 3.68. The molecule has 49 heavy (non-hydrogen) atoms. The maximum absolute atomic E-state index is 13.8. The van der Waals surface area contributed by atoms with E-state index >= 15 is 0 Å². The van der Waals surface area contributed by atoms with Crippen molar-refractivity contribution in [2.24, 2.45) is 13.0 Å². The molecular weight excluding hydrogens is 675 g/mol. The van der Waals surface area contributed by atoms with E-state index in [1.807, 2.05) is 4.90 Å². The number of amides is 4. The highest BCUT2D eigenvalue weighted by Gasteiger charge is 2.39. The number of nitrogens with zero attached hydrogens (tertiary/aromatic N) is 6. The van der Waals surface area contributed by atoms with Crippen LogP contribution in [0.3, 0.4) is 0 Å². The molecule has 4 N–H and O–H groups in total. The van der Waals surface area contributed by atoms with E-state index in [9.17, 15) is 32.3 Å². The van der Waals surface area contributed by atoms with Gasteiger partial charge in [0.15, 0.2) is 11.5 Å². The molecule has 1 aromatic carbocycles. The number of carbonyl (C=O) groups excluding carboxylic acids is 4. The van der Waals surface area contributed by atoms with E-state index in [1.165, 1.54) is 36.9 Å². The molecule has 5 rings (SSSR count). The van der Waals surface area contributed by atoms with Gasteiger partial charge in [0, 0.05) is 58.1 Å². The highest BCUT2D eigenvalue weighted by molar-refractivity contribution is 6.34. The van der Waals surface area contributed by atoms with Crippen molar-refractivity contribution >= 4 is 47.4 Å². The zero-order valence-corrected chi connectivity index (χ0v) is 27.3. The molecule has 2 aliphatic heterocycles. The van der Waals surface area contributed by atoms with E-state index in [0.29, 0.717) is 26.2 Å². The minimum absolute atomic E-state index is 0.00897. The number of rotatable bonds is 7. The number of nitrogens with one attached hydrogen (secondary N) is 3. The summed E-state index contributed by atoms with van der Waals surface area (Å²) in [6.07, 6.45) is -1.03. The zero-order chi connectivity index (χ0) is 35.9. The minimum atomic E-state index is -4.83. The molecule has 15 nitrogen and oxygen atoms in total. The fraction of sp³-hybridized carbons (Fsp3) is 0.433. The molecule has 0 saturated carbocycles. The standard InChI is InChI=1S/C29H33ClF3N9O4.CH2O2/c1-34-23(43)16-42-15-20(24(38-42)29(31,32)33)22-14-36-25(39(22)2)26(44)37-18-3-4-19(21(30)13-18)28(46)41-11-9-40(10-12-41)27(45)17-5-7-35-8-6-17;2-1-3/h3-4,13-15,17,35H,5-12,16H2,1-2H3,(H,34,43)(H,37,44);1H,(H,2,3). The van der Waals surface area contributed by atoms with Crippen LogP contribution in [0.5, 0.6) is 0 Å². The highest BCUT2D eigenvalue weighted by atomic mass is 35.5. The predicted octanol–water partition coefficient (Wildman–Crippen LogP) is 1.94. The number of imidazole rings is 1. The van der Waals surface area contributed by atoms with Gasteiger partial charge in [-0.25, -0.2) is 4.98 Å². The second-order valence-electron chi connectivity index (χ2n) is 11.2. The summed E-state index contributed by atoms with van der Waals surface area (Å²) < 4.78 is 43.4. The van der Waals surface area contributed by atoms with Crippen LogP contribution in [0.25, 0.3) is 11.3 Å². The van der Waals surface area contributed by atoms with Gasteiger partial charge >= 0.3 is 6.18 Å². The molecule has 0 atom stereocenters. The van der Waals surface area contributed by atoms with E-state index in [4.69, 9.17) is 21.5 Å². The van der Waals surface area contributed by atoms with Crippen LogP contribution in [0.2, 0.25) is 5.02 Å². The fourth-order valence-electron chi connectivity index (χ4n) is 5.58. The Kier molecular flexibility index (Phi) is 12.0. The smallest absolute Gasteiger partial charge is 0.435 e. The number of hydrogen-bond donors (Lipinski definition) is 4. The molecule has 0 spiro atoms. The van der Waals surface area contributed by atoms with Gasteiger partial charge in [0.2, 0.25) is 11.8 Å². The van der Waals surface area contributed by atoms with E-state index < -0.39 is 30.2 Å². The van der Waals surface area contributed by atoms with Crippen molar-refractivity contribution in [2.45, 2.75) is 25.6 Å². The van der Waals surface area contributed by atoms with Crippen molar-refractivity contribution in [1.82, 2.24) is 39.8 Å². The molecule has 2 saturated heterocycles. The van der Waals surface area contributed by atoms with Crippen LogP contribution in [0.1, 0.15) is 39.5 Å². The van der Waals surface area contributed by atoms with Crippen LogP contribution in [0, 0.1) is 5.92 Å². The van der Waals surface area contributed by atoms with Crippen molar-refractivity contribution in [3.8, 4) is 11.3 Å². The minimum Gasteiger partial charge on any atom is -0.483 e. The second-order valence-corrected chi connectivity index (χ2v) is 11.6. The number of carboxylic acid groups (broad SMARTS) is 1. The van der Waals surface area contributed by atoms with Crippen LogP contribution >= 0.6 is 11.6 Å². The summed E-state index contributed by atoms with van der Waals surface area (Å²) >= 11 is 6.44. The lowest BCUT2D eigenvalue weighted by atomic mass is 9.96. The first-order chi connectivity index (χ1) is 23.3. The van der Waals surface area contributed by atoms with E-state index in [1.54, 1.807) is 4.90 Å². The average molecular weight is 710 g/mol. The van der Waals surface area contributed by atoms with Crippen molar-refractivity contribution in [2.75, 3.05) is 51.6 Å². The third kappa shape index (κ3) is 8.74. The SMILES string of the molecule is CNC(=O)Cn1cc(-c2cnc(C(=O)Nc3ccc(C(=O)N4CCN(C(=O)C5CCNCC5)CC4)c(Cl)c3)n2C)c(C(F)(F)F)n1.O=CO. The summed E-state index contributed by atoms with van der Waals surface area (Å²) in [5.74, 6) is -1.64. The van der Waals surface area contributed by atoms with Gasteiger partial charge in [-0.2, -0.15) is 18.3 Å². The lowest BCUT2D eigenvalue weighted by Gasteiger charge is -2.37. The Morgan fingerprint density at radius 1 is 1.10 bits per heavy atom. The first kappa shape index (κ1) is 36.9. The van der Waals surface area contributed by atoms with Gasteiger partial charge in [-0.1, -0.05) is 11.6 Å². The Labute approximate surface area is 283 Å². The molecule has 2 aliphatic rings. The summed E-state index contributed by atoms with van der Waals surface area (Å²) in [5, 5.41) is 18.7. The number of piperazine rings is 1. The molecular formula is C30H35ClF3N9O6. The molecule has 2 aromatic heterocycles. The molecule has 0 unspecified atom stereocenters. The maximum Gasteiger partial charge on any atom is 0.435 e. The largest absolute Gasteiger partial charge is 0.483 e. The second kappa shape index (κ2) is 16.0.